The summed E-state index contributed by atoms with van der Waals surface area (Å²) in [6.07, 6.45) is 1.12. The van der Waals surface area contributed by atoms with Crippen molar-refractivity contribution in [1.82, 2.24) is 9.80 Å². The van der Waals surface area contributed by atoms with Crippen LogP contribution in [0.15, 0.2) is 12.1 Å². The standard InChI is InChI=1S/C16H24N2O3S/c1-12(19)14-4-5-15(22-14)16(20)17(2)10-13-6-7-18(11-13)8-9-21-3/h4-5,13H,6-11H2,1-3H3/t13-/m1/s1. The maximum atomic E-state index is 12.4. The molecule has 0 saturated carbocycles. The SMILES string of the molecule is COCCN1CC[C@H](CN(C)C(=O)c2ccc(C(C)=O)s2)C1. The molecule has 0 unspecified atom stereocenters. The lowest BCUT2D eigenvalue weighted by molar-refractivity contribution is 0.0776. The number of hydrogen-bond donors (Lipinski definition) is 0. The Balaban J connectivity index is 1.85. The molecule has 1 fully saturated rings. The van der Waals surface area contributed by atoms with Crippen molar-refractivity contribution in [2.24, 2.45) is 5.92 Å². The molecule has 1 aromatic rings. The first kappa shape index (κ1) is 17.1. The lowest BCUT2D eigenvalue weighted by Gasteiger charge is -2.21. The van der Waals surface area contributed by atoms with E-state index in [9.17, 15) is 9.59 Å². The molecule has 1 atom stereocenters. The van der Waals surface area contributed by atoms with Gasteiger partial charge in [-0.1, -0.05) is 0 Å². The van der Waals surface area contributed by atoms with Gasteiger partial charge in [0, 0.05) is 33.8 Å². The van der Waals surface area contributed by atoms with Gasteiger partial charge in [0.05, 0.1) is 16.4 Å². The number of hydrogen-bond acceptors (Lipinski definition) is 5. The maximum Gasteiger partial charge on any atom is 0.263 e. The summed E-state index contributed by atoms with van der Waals surface area (Å²) < 4.78 is 5.11. The molecule has 0 aliphatic carbocycles. The van der Waals surface area contributed by atoms with Crippen LogP contribution in [0.25, 0.3) is 0 Å². The highest BCUT2D eigenvalue weighted by molar-refractivity contribution is 7.15. The average Bonchev–Trinajstić information content (AvgIpc) is 3.13. The Bertz CT molecular complexity index is 529. The minimum atomic E-state index is 0.00726. The van der Waals surface area contributed by atoms with Crippen LogP contribution in [0.1, 0.15) is 32.7 Å². The summed E-state index contributed by atoms with van der Waals surface area (Å²) in [5, 5.41) is 0. The monoisotopic (exact) mass is 324 g/mol. The van der Waals surface area contributed by atoms with Crippen LogP contribution in [0.3, 0.4) is 0 Å². The van der Waals surface area contributed by atoms with Crippen LogP contribution in [-0.4, -0.2) is 68.4 Å². The molecule has 0 bridgehead atoms. The van der Waals surface area contributed by atoms with E-state index < -0.39 is 0 Å². The summed E-state index contributed by atoms with van der Waals surface area (Å²) in [5.41, 5.74) is 0. The lowest BCUT2D eigenvalue weighted by atomic mass is 10.1. The molecule has 2 rings (SSSR count). The van der Waals surface area contributed by atoms with E-state index >= 15 is 0 Å². The molecule has 0 N–H and O–H groups in total. The highest BCUT2D eigenvalue weighted by Crippen LogP contribution is 2.21. The van der Waals surface area contributed by atoms with Gasteiger partial charge in [-0.3, -0.25) is 9.59 Å². The lowest BCUT2D eigenvalue weighted by Crippen LogP contribution is -2.33. The molecular weight excluding hydrogens is 300 g/mol. The van der Waals surface area contributed by atoms with E-state index in [1.54, 1.807) is 24.1 Å². The highest BCUT2D eigenvalue weighted by atomic mass is 32.1. The third-order valence-electron chi connectivity index (χ3n) is 4.02. The number of ketones is 1. The molecule has 0 spiro atoms. The number of methoxy groups -OCH3 is 1. The van der Waals surface area contributed by atoms with Crippen molar-refractivity contribution in [3.8, 4) is 0 Å². The number of likely N-dealkylation sites (tertiary alicyclic amines) is 1. The quantitative estimate of drug-likeness (QED) is 0.720. The zero-order valence-corrected chi connectivity index (χ0v) is 14.3. The molecule has 1 aliphatic rings. The normalized spacial score (nSPS) is 18.6. The van der Waals surface area contributed by atoms with Gasteiger partial charge in [-0.15, -0.1) is 11.3 Å². The Morgan fingerprint density at radius 3 is 2.77 bits per heavy atom. The zero-order chi connectivity index (χ0) is 16.1. The highest BCUT2D eigenvalue weighted by Gasteiger charge is 2.25. The average molecular weight is 324 g/mol. The molecule has 122 valence electrons. The van der Waals surface area contributed by atoms with Crippen LogP contribution < -0.4 is 0 Å². The Labute approximate surface area is 135 Å². The number of carbonyl (C=O) groups is 2. The Morgan fingerprint density at radius 2 is 2.14 bits per heavy atom. The van der Waals surface area contributed by atoms with Crippen molar-refractivity contribution in [2.45, 2.75) is 13.3 Å². The topological polar surface area (TPSA) is 49.9 Å². The summed E-state index contributed by atoms with van der Waals surface area (Å²) in [4.78, 5) is 29.2. The molecule has 1 amide bonds. The second-order valence-electron chi connectivity index (χ2n) is 5.85. The molecule has 1 aromatic heterocycles. The largest absolute Gasteiger partial charge is 0.383 e. The van der Waals surface area contributed by atoms with E-state index in [-0.39, 0.29) is 11.7 Å². The Morgan fingerprint density at radius 1 is 1.41 bits per heavy atom. The van der Waals surface area contributed by atoms with Gasteiger partial charge in [0.25, 0.3) is 5.91 Å². The summed E-state index contributed by atoms with van der Waals surface area (Å²) >= 11 is 1.28. The van der Waals surface area contributed by atoms with E-state index in [1.165, 1.54) is 18.3 Å². The van der Waals surface area contributed by atoms with Crippen LogP contribution in [0.4, 0.5) is 0 Å². The van der Waals surface area contributed by atoms with E-state index in [2.05, 4.69) is 4.90 Å². The van der Waals surface area contributed by atoms with Crippen LogP contribution in [0, 0.1) is 5.92 Å². The summed E-state index contributed by atoms with van der Waals surface area (Å²) in [6.45, 7) is 6.09. The van der Waals surface area contributed by atoms with Crippen LogP contribution in [-0.2, 0) is 4.74 Å². The molecule has 1 saturated heterocycles. The predicted molar refractivity (Wildman–Crippen MR) is 87.7 cm³/mol. The number of ether oxygens (including phenoxy) is 1. The minimum absolute atomic E-state index is 0.00726. The fourth-order valence-electron chi connectivity index (χ4n) is 2.79. The first-order valence-corrected chi connectivity index (χ1v) is 8.40. The van der Waals surface area contributed by atoms with Gasteiger partial charge < -0.3 is 14.5 Å². The van der Waals surface area contributed by atoms with Crippen molar-refractivity contribution >= 4 is 23.0 Å². The number of carbonyl (C=O) groups excluding carboxylic acids is 2. The minimum Gasteiger partial charge on any atom is -0.383 e. The third-order valence-corrected chi connectivity index (χ3v) is 5.20. The molecule has 1 aliphatic heterocycles. The van der Waals surface area contributed by atoms with Gasteiger partial charge in [0.2, 0.25) is 0 Å². The van der Waals surface area contributed by atoms with Gasteiger partial charge in [-0.2, -0.15) is 0 Å². The second-order valence-corrected chi connectivity index (χ2v) is 6.94. The van der Waals surface area contributed by atoms with Crippen molar-refractivity contribution in [3.05, 3.63) is 21.9 Å². The maximum absolute atomic E-state index is 12.4. The molecule has 0 radical (unpaired) electrons. The summed E-state index contributed by atoms with van der Waals surface area (Å²) in [6, 6.07) is 3.48. The number of Topliss-reactive ketones (excluding diaryl/α,β-unsaturated/α-hetero) is 1. The fraction of sp³-hybridized carbons (Fsp3) is 0.625. The Hall–Kier alpha value is -1.24. The number of thiophene rings is 1. The zero-order valence-electron chi connectivity index (χ0n) is 13.5. The van der Waals surface area contributed by atoms with Gasteiger partial charge >= 0.3 is 0 Å². The van der Waals surface area contributed by atoms with E-state index in [4.69, 9.17) is 4.74 Å². The molecular formula is C16H24N2O3S. The van der Waals surface area contributed by atoms with Gasteiger partial charge in [0.1, 0.15) is 0 Å². The fourth-order valence-corrected chi connectivity index (χ4v) is 3.68. The first-order chi connectivity index (χ1) is 10.5. The summed E-state index contributed by atoms with van der Waals surface area (Å²) in [7, 11) is 3.56. The van der Waals surface area contributed by atoms with E-state index in [0.29, 0.717) is 15.7 Å². The van der Waals surface area contributed by atoms with Crippen LogP contribution in [0.2, 0.25) is 0 Å². The van der Waals surface area contributed by atoms with Crippen LogP contribution >= 0.6 is 11.3 Å². The smallest absolute Gasteiger partial charge is 0.263 e. The van der Waals surface area contributed by atoms with Crippen molar-refractivity contribution in [2.75, 3.05) is 46.9 Å². The van der Waals surface area contributed by atoms with Crippen LogP contribution in [0.5, 0.6) is 0 Å². The Kier molecular flexibility index (Phi) is 6.11. The molecule has 6 heteroatoms. The molecule has 0 aromatic carbocycles. The second kappa shape index (κ2) is 7.85. The molecule has 22 heavy (non-hydrogen) atoms. The first-order valence-electron chi connectivity index (χ1n) is 7.58. The number of nitrogens with zero attached hydrogens (tertiary/aromatic N) is 2. The van der Waals surface area contributed by atoms with Gasteiger partial charge in [-0.05, 0) is 37.9 Å². The predicted octanol–water partition coefficient (Wildman–Crippen LogP) is 1.99. The van der Waals surface area contributed by atoms with E-state index in [1.807, 2.05) is 7.05 Å². The van der Waals surface area contributed by atoms with E-state index in [0.717, 1.165) is 39.2 Å². The molecule has 5 nitrogen and oxygen atoms in total. The molecule has 2 heterocycles. The summed E-state index contributed by atoms with van der Waals surface area (Å²) in [5.74, 6) is 0.530. The number of rotatable bonds is 7. The number of amides is 1. The van der Waals surface area contributed by atoms with Crippen molar-refractivity contribution < 1.29 is 14.3 Å². The van der Waals surface area contributed by atoms with Gasteiger partial charge in [0.15, 0.2) is 5.78 Å². The van der Waals surface area contributed by atoms with Gasteiger partial charge in [-0.25, -0.2) is 0 Å². The van der Waals surface area contributed by atoms with Crippen molar-refractivity contribution in [3.63, 3.8) is 0 Å². The van der Waals surface area contributed by atoms with Crippen molar-refractivity contribution in [1.29, 1.82) is 0 Å². The third kappa shape index (κ3) is 4.38.